The largest absolute Gasteiger partial charge is 0.464 e. The molecule has 0 saturated heterocycles. The Balaban J connectivity index is 2.43. The minimum atomic E-state index is -0.891. The number of thiol groups is 1. The molecule has 3 nitrogen and oxygen atoms in total. The standard InChI is InChI=1S/C5H7NO2S2/c7-5(8)6-2-1-4(3-9)10-6/h1,9H,2-3H2,(H,7,8). The third kappa shape index (κ3) is 1.60. The maximum absolute atomic E-state index is 10.3. The van der Waals surface area contributed by atoms with Crippen LogP contribution in [-0.4, -0.2) is 27.8 Å². The second-order valence-corrected chi connectivity index (χ2v) is 3.23. The highest BCUT2D eigenvalue weighted by atomic mass is 32.2. The van der Waals surface area contributed by atoms with Crippen LogP contribution in [0.25, 0.3) is 0 Å². The van der Waals surface area contributed by atoms with E-state index in [4.69, 9.17) is 5.11 Å². The van der Waals surface area contributed by atoms with Gasteiger partial charge >= 0.3 is 6.09 Å². The van der Waals surface area contributed by atoms with E-state index in [0.29, 0.717) is 12.3 Å². The Morgan fingerprint density at radius 3 is 3.00 bits per heavy atom. The van der Waals surface area contributed by atoms with E-state index < -0.39 is 6.09 Å². The van der Waals surface area contributed by atoms with E-state index in [1.165, 1.54) is 16.3 Å². The van der Waals surface area contributed by atoms with E-state index in [9.17, 15) is 4.79 Å². The van der Waals surface area contributed by atoms with E-state index in [2.05, 4.69) is 12.6 Å². The molecule has 5 heteroatoms. The van der Waals surface area contributed by atoms with Crippen LogP contribution in [0, 0.1) is 0 Å². The lowest BCUT2D eigenvalue weighted by molar-refractivity contribution is 0.178. The number of hydrogen-bond acceptors (Lipinski definition) is 3. The molecule has 0 fully saturated rings. The van der Waals surface area contributed by atoms with Gasteiger partial charge in [-0.15, -0.1) is 0 Å². The maximum atomic E-state index is 10.3. The zero-order valence-corrected chi connectivity index (χ0v) is 6.86. The molecular formula is C5H7NO2S2. The van der Waals surface area contributed by atoms with Crippen LogP contribution in [-0.2, 0) is 0 Å². The number of carboxylic acid groups (broad SMARTS) is 1. The third-order valence-corrected chi connectivity index (χ3v) is 2.71. The van der Waals surface area contributed by atoms with Crippen LogP contribution >= 0.6 is 24.6 Å². The van der Waals surface area contributed by atoms with Gasteiger partial charge in [0.05, 0.1) is 6.54 Å². The fourth-order valence-electron chi connectivity index (χ4n) is 0.611. The van der Waals surface area contributed by atoms with E-state index in [0.717, 1.165) is 4.91 Å². The molecule has 0 bridgehead atoms. The van der Waals surface area contributed by atoms with Gasteiger partial charge in [0, 0.05) is 10.7 Å². The quantitative estimate of drug-likeness (QED) is 0.470. The average molecular weight is 177 g/mol. The topological polar surface area (TPSA) is 40.5 Å². The summed E-state index contributed by atoms with van der Waals surface area (Å²) in [5.41, 5.74) is 0. The van der Waals surface area contributed by atoms with E-state index in [1.54, 1.807) is 0 Å². The van der Waals surface area contributed by atoms with Gasteiger partial charge < -0.3 is 5.11 Å². The Kier molecular flexibility index (Phi) is 2.50. The summed E-state index contributed by atoms with van der Waals surface area (Å²) in [5, 5.41) is 8.47. The fraction of sp³-hybridized carbons (Fsp3) is 0.400. The Morgan fingerprint density at radius 2 is 2.70 bits per heavy atom. The van der Waals surface area contributed by atoms with Crippen LogP contribution in [0.2, 0.25) is 0 Å². The molecule has 1 rings (SSSR count). The van der Waals surface area contributed by atoms with E-state index >= 15 is 0 Å². The summed E-state index contributed by atoms with van der Waals surface area (Å²) in [6.07, 6.45) is 0.976. The molecule has 0 radical (unpaired) electrons. The van der Waals surface area contributed by atoms with Gasteiger partial charge in [0.1, 0.15) is 0 Å². The second kappa shape index (κ2) is 3.21. The lowest BCUT2D eigenvalue weighted by atomic mass is 10.5. The summed E-state index contributed by atoms with van der Waals surface area (Å²) in [5.74, 6) is 0.619. The van der Waals surface area contributed by atoms with Gasteiger partial charge in [0.15, 0.2) is 0 Å². The highest BCUT2D eigenvalue weighted by Crippen LogP contribution is 2.27. The smallest absolute Gasteiger partial charge is 0.417 e. The van der Waals surface area contributed by atoms with Gasteiger partial charge in [-0.25, -0.2) is 9.10 Å². The van der Waals surface area contributed by atoms with Crippen LogP contribution in [0.15, 0.2) is 11.0 Å². The van der Waals surface area contributed by atoms with Gasteiger partial charge in [-0.05, 0) is 11.9 Å². The van der Waals surface area contributed by atoms with Crippen molar-refractivity contribution < 1.29 is 9.90 Å². The first-order chi connectivity index (χ1) is 4.74. The van der Waals surface area contributed by atoms with Crippen molar-refractivity contribution in [2.24, 2.45) is 0 Å². The normalized spacial score (nSPS) is 17.3. The van der Waals surface area contributed by atoms with E-state index in [1.807, 2.05) is 6.08 Å². The molecular weight excluding hydrogens is 170 g/mol. The zero-order valence-electron chi connectivity index (χ0n) is 5.15. The summed E-state index contributed by atoms with van der Waals surface area (Å²) in [6, 6.07) is 0. The molecule has 0 aromatic rings. The van der Waals surface area contributed by atoms with Crippen molar-refractivity contribution in [3.8, 4) is 0 Å². The molecule has 1 heterocycles. The van der Waals surface area contributed by atoms with Gasteiger partial charge in [0.25, 0.3) is 0 Å². The van der Waals surface area contributed by atoms with Crippen molar-refractivity contribution in [2.45, 2.75) is 0 Å². The van der Waals surface area contributed by atoms with Crippen molar-refractivity contribution in [1.29, 1.82) is 0 Å². The molecule has 0 saturated carbocycles. The second-order valence-electron chi connectivity index (χ2n) is 1.76. The van der Waals surface area contributed by atoms with Crippen molar-refractivity contribution in [2.75, 3.05) is 12.3 Å². The summed E-state index contributed by atoms with van der Waals surface area (Å²) in [6.45, 7) is 0.482. The Morgan fingerprint density at radius 1 is 2.00 bits per heavy atom. The lowest BCUT2D eigenvalue weighted by Crippen LogP contribution is -2.18. The van der Waals surface area contributed by atoms with Crippen LogP contribution in [0.5, 0.6) is 0 Å². The average Bonchev–Trinajstić information content (AvgIpc) is 2.34. The molecule has 0 aromatic carbocycles. The molecule has 0 spiro atoms. The summed E-state index contributed by atoms with van der Waals surface area (Å²) in [4.78, 5) is 11.3. The van der Waals surface area contributed by atoms with Crippen molar-refractivity contribution in [3.63, 3.8) is 0 Å². The minimum Gasteiger partial charge on any atom is -0.464 e. The number of amides is 1. The molecule has 0 atom stereocenters. The Hall–Kier alpha value is -0.290. The fourth-order valence-corrected chi connectivity index (χ4v) is 1.63. The number of rotatable bonds is 1. The highest BCUT2D eigenvalue weighted by molar-refractivity contribution is 8.02. The molecule has 1 aliphatic heterocycles. The minimum absolute atomic E-state index is 0.482. The monoisotopic (exact) mass is 177 g/mol. The van der Waals surface area contributed by atoms with Crippen LogP contribution in [0.3, 0.4) is 0 Å². The van der Waals surface area contributed by atoms with Crippen molar-refractivity contribution >= 4 is 30.7 Å². The molecule has 0 unspecified atom stereocenters. The zero-order chi connectivity index (χ0) is 7.56. The van der Waals surface area contributed by atoms with E-state index in [-0.39, 0.29) is 0 Å². The predicted octanol–water partition coefficient (Wildman–Crippen LogP) is 1.44. The SMILES string of the molecule is O=C(O)N1CC=C(CS)S1. The van der Waals surface area contributed by atoms with Crippen molar-refractivity contribution in [3.05, 3.63) is 11.0 Å². The summed E-state index contributed by atoms with van der Waals surface area (Å²) < 4.78 is 1.27. The Bertz CT molecular complexity index is 180. The van der Waals surface area contributed by atoms with Gasteiger partial charge in [-0.2, -0.15) is 12.6 Å². The van der Waals surface area contributed by atoms with Crippen molar-refractivity contribution in [1.82, 2.24) is 4.31 Å². The van der Waals surface area contributed by atoms with Gasteiger partial charge in [0.2, 0.25) is 0 Å². The number of nitrogens with zero attached hydrogens (tertiary/aromatic N) is 1. The molecule has 1 amide bonds. The van der Waals surface area contributed by atoms with Gasteiger partial charge in [-0.1, -0.05) is 6.08 Å². The van der Waals surface area contributed by atoms with Crippen LogP contribution in [0.4, 0.5) is 4.79 Å². The number of hydrogen-bond donors (Lipinski definition) is 2. The Labute approximate surface area is 68.6 Å². The summed E-state index contributed by atoms with van der Waals surface area (Å²) >= 11 is 5.25. The van der Waals surface area contributed by atoms with Crippen LogP contribution < -0.4 is 0 Å². The lowest BCUT2D eigenvalue weighted by Gasteiger charge is -2.07. The summed E-state index contributed by atoms with van der Waals surface area (Å²) in [7, 11) is 0. The third-order valence-electron chi connectivity index (χ3n) is 1.08. The molecule has 0 aliphatic carbocycles. The maximum Gasteiger partial charge on any atom is 0.417 e. The first kappa shape index (κ1) is 7.81. The van der Waals surface area contributed by atoms with Gasteiger partial charge in [-0.3, -0.25) is 0 Å². The first-order valence-corrected chi connectivity index (χ1v) is 4.13. The highest BCUT2D eigenvalue weighted by Gasteiger charge is 2.18. The predicted molar refractivity (Wildman–Crippen MR) is 44.3 cm³/mol. The first-order valence-electron chi connectivity index (χ1n) is 2.72. The molecule has 1 N–H and O–H groups in total. The van der Waals surface area contributed by atoms with Crippen LogP contribution in [0.1, 0.15) is 0 Å². The molecule has 10 heavy (non-hydrogen) atoms. The molecule has 56 valence electrons. The number of carbonyl (C=O) groups is 1. The molecule has 0 aromatic heterocycles. The molecule has 1 aliphatic rings.